The van der Waals surface area contributed by atoms with Crippen molar-refractivity contribution in [1.29, 1.82) is 0 Å². The molecule has 0 radical (unpaired) electrons. The Hall–Kier alpha value is -3.76. The average molecular weight is 516 g/mol. The van der Waals surface area contributed by atoms with Crippen LogP contribution in [0, 0.1) is 0 Å². The van der Waals surface area contributed by atoms with Gasteiger partial charge in [-0.1, -0.05) is 91.0 Å². The van der Waals surface area contributed by atoms with Gasteiger partial charge in [0.05, 0.1) is 11.1 Å². The van der Waals surface area contributed by atoms with Crippen LogP contribution in [0.15, 0.2) is 109 Å². The normalized spacial score (nSPS) is 12.3. The van der Waals surface area contributed by atoms with Crippen molar-refractivity contribution >= 4 is 7.32 Å². The van der Waals surface area contributed by atoms with Gasteiger partial charge in [0.25, 0.3) is 0 Å². The molecule has 190 valence electrons. The van der Waals surface area contributed by atoms with Crippen LogP contribution in [0.1, 0.15) is 27.8 Å². The number of halogens is 6. The van der Waals surface area contributed by atoms with Gasteiger partial charge in [-0.05, 0) is 34.9 Å². The highest BCUT2D eigenvalue weighted by Gasteiger charge is 2.43. The Kier molecular flexibility index (Phi) is 7.33. The highest BCUT2D eigenvalue weighted by molar-refractivity contribution is 6.36. The number of benzene rings is 4. The van der Waals surface area contributed by atoms with E-state index >= 15 is 0 Å². The second-order valence-electron chi connectivity index (χ2n) is 8.06. The van der Waals surface area contributed by atoms with E-state index in [1.54, 1.807) is 91.0 Å². The van der Waals surface area contributed by atoms with Crippen LogP contribution >= 0.6 is 0 Å². The van der Waals surface area contributed by atoms with Crippen LogP contribution in [0.3, 0.4) is 0 Å². The third kappa shape index (κ3) is 5.81. The SMILES string of the molecule is OB(Oc1cc(C(F)(F)F)cc(C(F)(F)F)c1)OC(c1ccccc1)(c1ccccc1)c1ccccc1. The molecule has 0 bridgehead atoms. The van der Waals surface area contributed by atoms with Crippen LogP contribution in [-0.2, 0) is 22.6 Å². The van der Waals surface area contributed by atoms with Gasteiger partial charge in [0.15, 0.2) is 0 Å². The summed E-state index contributed by atoms with van der Waals surface area (Å²) >= 11 is 0. The zero-order valence-corrected chi connectivity index (χ0v) is 19.0. The molecule has 0 aliphatic rings. The minimum absolute atomic E-state index is 0.0255. The lowest BCUT2D eigenvalue weighted by atomic mass is 9.79. The number of rotatable bonds is 7. The molecule has 4 rings (SSSR count). The van der Waals surface area contributed by atoms with Crippen molar-refractivity contribution in [3.05, 3.63) is 137 Å². The number of alkyl halides is 6. The molecule has 3 nitrogen and oxygen atoms in total. The van der Waals surface area contributed by atoms with E-state index < -0.39 is 42.2 Å². The van der Waals surface area contributed by atoms with Gasteiger partial charge in [0.2, 0.25) is 0 Å². The summed E-state index contributed by atoms with van der Waals surface area (Å²) in [5.41, 5.74) is -3.08. The third-order valence-electron chi connectivity index (χ3n) is 5.62. The van der Waals surface area contributed by atoms with Crippen LogP contribution in [-0.4, -0.2) is 12.3 Å². The first kappa shape index (κ1) is 26.3. The molecular formula is C27H19BF6O3. The Morgan fingerprint density at radius 1 is 0.514 bits per heavy atom. The maximum Gasteiger partial charge on any atom is 0.711 e. The van der Waals surface area contributed by atoms with Crippen molar-refractivity contribution in [2.24, 2.45) is 0 Å². The van der Waals surface area contributed by atoms with Crippen molar-refractivity contribution in [3.8, 4) is 5.75 Å². The smallest absolute Gasteiger partial charge is 0.512 e. The van der Waals surface area contributed by atoms with Crippen molar-refractivity contribution in [2.45, 2.75) is 18.0 Å². The van der Waals surface area contributed by atoms with Crippen LogP contribution in [0.25, 0.3) is 0 Å². The van der Waals surface area contributed by atoms with E-state index in [1.807, 2.05) is 0 Å². The van der Waals surface area contributed by atoms with Gasteiger partial charge < -0.3 is 14.3 Å². The van der Waals surface area contributed by atoms with Crippen LogP contribution in [0.4, 0.5) is 26.3 Å². The van der Waals surface area contributed by atoms with Crippen LogP contribution < -0.4 is 4.65 Å². The molecule has 0 fully saturated rings. The van der Waals surface area contributed by atoms with Gasteiger partial charge in [0, 0.05) is 0 Å². The monoisotopic (exact) mass is 516 g/mol. The summed E-state index contributed by atoms with van der Waals surface area (Å²) in [4.78, 5) is 0. The molecule has 0 heterocycles. The molecule has 0 unspecified atom stereocenters. The van der Waals surface area contributed by atoms with Crippen molar-refractivity contribution in [3.63, 3.8) is 0 Å². The van der Waals surface area contributed by atoms with E-state index in [2.05, 4.69) is 0 Å². The molecule has 0 atom stereocenters. The first-order valence-electron chi connectivity index (χ1n) is 11.0. The summed E-state index contributed by atoms with van der Waals surface area (Å²) in [6, 6.07) is 26.7. The maximum absolute atomic E-state index is 13.3. The zero-order chi connectivity index (χ0) is 26.7. The van der Waals surface area contributed by atoms with Gasteiger partial charge in [-0.2, -0.15) is 26.3 Å². The standard InChI is InChI=1S/C27H19BF6O3/c29-26(30,31)22-16-23(27(32,33)34)18-24(17-22)36-28(35)37-25(19-10-4-1-5-11-19,20-12-6-2-7-13-20)21-14-8-3-9-15-21/h1-18,35H. The fraction of sp³-hybridized carbons (Fsp3) is 0.111. The molecular weight excluding hydrogens is 497 g/mol. The highest BCUT2D eigenvalue weighted by atomic mass is 19.4. The van der Waals surface area contributed by atoms with Gasteiger partial charge in [0.1, 0.15) is 11.4 Å². The minimum Gasteiger partial charge on any atom is -0.512 e. The van der Waals surface area contributed by atoms with Gasteiger partial charge in [-0.3, -0.25) is 0 Å². The molecule has 37 heavy (non-hydrogen) atoms. The molecule has 0 aliphatic heterocycles. The average Bonchev–Trinajstić information content (AvgIpc) is 2.87. The quantitative estimate of drug-likeness (QED) is 0.162. The van der Waals surface area contributed by atoms with Crippen LogP contribution in [0.2, 0.25) is 0 Å². The van der Waals surface area contributed by atoms with Gasteiger partial charge in [-0.15, -0.1) is 0 Å². The number of hydrogen-bond acceptors (Lipinski definition) is 3. The number of hydrogen-bond donors (Lipinski definition) is 1. The Morgan fingerprint density at radius 3 is 1.19 bits per heavy atom. The molecule has 10 heteroatoms. The molecule has 0 saturated carbocycles. The van der Waals surface area contributed by atoms with E-state index in [1.165, 1.54) is 0 Å². The van der Waals surface area contributed by atoms with Crippen molar-refractivity contribution in [1.82, 2.24) is 0 Å². The topological polar surface area (TPSA) is 38.7 Å². The van der Waals surface area contributed by atoms with E-state index in [4.69, 9.17) is 9.31 Å². The molecule has 0 saturated heterocycles. The summed E-state index contributed by atoms with van der Waals surface area (Å²) < 4.78 is 90.9. The summed E-state index contributed by atoms with van der Waals surface area (Å²) in [6.07, 6.45) is -10.2. The predicted octanol–water partition coefficient (Wildman–Crippen LogP) is 7.09. The van der Waals surface area contributed by atoms with E-state index in [0.717, 1.165) is 0 Å². The summed E-state index contributed by atoms with van der Waals surface area (Å²) in [5, 5.41) is 10.8. The van der Waals surface area contributed by atoms with Crippen molar-refractivity contribution in [2.75, 3.05) is 0 Å². The lowest BCUT2D eigenvalue weighted by molar-refractivity contribution is -0.143. The molecule has 1 N–H and O–H groups in total. The molecule has 4 aromatic rings. The Balaban J connectivity index is 1.81. The Bertz CT molecular complexity index is 1180. The van der Waals surface area contributed by atoms with Crippen LogP contribution in [0.5, 0.6) is 5.75 Å². The second kappa shape index (κ2) is 10.3. The summed E-state index contributed by atoms with van der Waals surface area (Å²) in [6.45, 7) is 0. The predicted molar refractivity (Wildman–Crippen MR) is 125 cm³/mol. The van der Waals surface area contributed by atoms with E-state index in [0.29, 0.717) is 28.8 Å². The fourth-order valence-corrected chi connectivity index (χ4v) is 4.01. The maximum atomic E-state index is 13.3. The Labute approximate surface area is 209 Å². The molecule has 0 aliphatic carbocycles. The van der Waals surface area contributed by atoms with E-state index in [-0.39, 0.29) is 6.07 Å². The third-order valence-corrected chi connectivity index (χ3v) is 5.62. The molecule has 0 spiro atoms. The second-order valence-corrected chi connectivity index (χ2v) is 8.06. The summed E-state index contributed by atoms with van der Waals surface area (Å²) in [5.74, 6) is -0.863. The highest BCUT2D eigenvalue weighted by Crippen LogP contribution is 2.42. The van der Waals surface area contributed by atoms with Crippen molar-refractivity contribution < 1.29 is 40.7 Å². The molecule has 0 amide bonds. The lowest BCUT2D eigenvalue weighted by Crippen LogP contribution is -2.41. The van der Waals surface area contributed by atoms with Gasteiger partial charge >= 0.3 is 19.7 Å². The largest absolute Gasteiger partial charge is 0.711 e. The minimum atomic E-state index is -5.08. The Morgan fingerprint density at radius 2 is 0.865 bits per heavy atom. The molecule has 4 aromatic carbocycles. The molecule has 0 aromatic heterocycles. The zero-order valence-electron chi connectivity index (χ0n) is 19.0. The first-order chi connectivity index (χ1) is 17.5. The first-order valence-corrected chi connectivity index (χ1v) is 11.0. The summed E-state index contributed by atoms with van der Waals surface area (Å²) in [7, 11) is -2.26. The fourth-order valence-electron chi connectivity index (χ4n) is 4.01. The lowest BCUT2D eigenvalue weighted by Gasteiger charge is -2.36. The van der Waals surface area contributed by atoms with Gasteiger partial charge in [-0.25, -0.2) is 0 Å². The van der Waals surface area contributed by atoms with E-state index in [9.17, 15) is 31.4 Å².